The molecule has 0 unspecified atom stereocenters. The highest BCUT2D eigenvalue weighted by atomic mass is 16.5. The highest BCUT2D eigenvalue weighted by molar-refractivity contribution is 5.94. The highest BCUT2D eigenvalue weighted by Gasteiger charge is 2.08. The van der Waals surface area contributed by atoms with Crippen molar-refractivity contribution in [1.29, 1.82) is 0 Å². The number of aromatic nitrogens is 1. The van der Waals surface area contributed by atoms with E-state index < -0.39 is 5.97 Å². The van der Waals surface area contributed by atoms with Gasteiger partial charge >= 0.3 is 5.97 Å². The number of hydrogen-bond acceptors (Lipinski definition) is 5. The first-order valence-corrected chi connectivity index (χ1v) is 8.24. The molecule has 0 atom stereocenters. The van der Waals surface area contributed by atoms with Gasteiger partial charge in [0.2, 0.25) is 0 Å². The average molecular weight is 359 g/mol. The van der Waals surface area contributed by atoms with E-state index in [0.29, 0.717) is 16.9 Å². The van der Waals surface area contributed by atoms with Gasteiger partial charge in [-0.2, -0.15) is 5.10 Å². The molecule has 0 aliphatic heterocycles. The van der Waals surface area contributed by atoms with Crippen LogP contribution in [0.25, 0.3) is 0 Å². The normalized spacial score (nSPS) is 10.6. The van der Waals surface area contributed by atoms with Crippen LogP contribution in [0.4, 0.5) is 0 Å². The van der Waals surface area contributed by atoms with Crippen molar-refractivity contribution in [1.82, 2.24) is 10.4 Å². The highest BCUT2D eigenvalue weighted by Crippen LogP contribution is 2.14. The number of aryl methyl sites for hydroxylation is 1. The maximum Gasteiger partial charge on any atom is 0.343 e. The lowest BCUT2D eigenvalue weighted by Gasteiger charge is -2.05. The zero-order chi connectivity index (χ0) is 19.1. The Kier molecular flexibility index (Phi) is 5.69. The summed E-state index contributed by atoms with van der Waals surface area (Å²) in [5.41, 5.74) is 5.09. The second-order valence-electron chi connectivity index (χ2n) is 5.77. The van der Waals surface area contributed by atoms with E-state index >= 15 is 0 Å². The molecule has 6 heteroatoms. The minimum absolute atomic E-state index is 0.344. The van der Waals surface area contributed by atoms with Crippen LogP contribution in [0.15, 0.2) is 78.2 Å². The molecule has 0 bridgehead atoms. The number of pyridine rings is 1. The summed E-state index contributed by atoms with van der Waals surface area (Å²) in [6.45, 7) is 1.91. The lowest BCUT2D eigenvalue weighted by atomic mass is 10.1. The molecule has 3 aromatic rings. The molecule has 0 aliphatic carbocycles. The lowest BCUT2D eigenvalue weighted by Crippen LogP contribution is -2.17. The van der Waals surface area contributed by atoms with Crippen LogP contribution >= 0.6 is 0 Å². The van der Waals surface area contributed by atoms with Crippen molar-refractivity contribution in [3.05, 3.63) is 95.3 Å². The predicted octanol–water partition coefficient (Wildman–Crippen LogP) is 3.37. The van der Waals surface area contributed by atoms with Crippen molar-refractivity contribution in [3.63, 3.8) is 0 Å². The van der Waals surface area contributed by atoms with Crippen molar-refractivity contribution in [2.75, 3.05) is 0 Å². The Labute approximate surface area is 156 Å². The third-order valence-corrected chi connectivity index (χ3v) is 3.65. The standard InChI is InChI=1S/C21H17N3O3/c1-15-4-2-5-17(12-15)21(26)27-19-9-7-16(8-10-19)13-23-24-20(25)18-6-3-11-22-14-18/h2-14H,1H3,(H,24,25). The largest absolute Gasteiger partial charge is 0.423 e. The minimum Gasteiger partial charge on any atom is -0.423 e. The fourth-order valence-corrected chi connectivity index (χ4v) is 2.29. The number of ether oxygens (including phenoxy) is 1. The molecule has 3 rings (SSSR count). The van der Waals surface area contributed by atoms with E-state index in [1.165, 1.54) is 12.4 Å². The summed E-state index contributed by atoms with van der Waals surface area (Å²) in [4.78, 5) is 27.9. The van der Waals surface area contributed by atoms with Crippen LogP contribution in [-0.2, 0) is 0 Å². The minimum atomic E-state index is -0.413. The van der Waals surface area contributed by atoms with E-state index in [2.05, 4.69) is 15.5 Å². The molecular weight excluding hydrogens is 342 g/mol. The van der Waals surface area contributed by atoms with Crippen molar-refractivity contribution in [2.24, 2.45) is 5.10 Å². The SMILES string of the molecule is Cc1cccc(C(=O)Oc2ccc(C=NNC(=O)c3cccnc3)cc2)c1. The first-order valence-electron chi connectivity index (χ1n) is 8.24. The van der Waals surface area contributed by atoms with E-state index in [4.69, 9.17) is 4.74 Å². The van der Waals surface area contributed by atoms with Gasteiger partial charge in [-0.3, -0.25) is 9.78 Å². The van der Waals surface area contributed by atoms with Gasteiger partial charge < -0.3 is 4.74 Å². The lowest BCUT2D eigenvalue weighted by molar-refractivity contribution is 0.0734. The summed E-state index contributed by atoms with van der Waals surface area (Å²) in [7, 11) is 0. The monoisotopic (exact) mass is 359 g/mol. The first kappa shape index (κ1) is 18.0. The molecule has 1 heterocycles. The quantitative estimate of drug-likeness (QED) is 0.328. The third kappa shape index (κ3) is 5.09. The molecule has 0 aliphatic rings. The Bertz CT molecular complexity index is 967. The summed E-state index contributed by atoms with van der Waals surface area (Å²) < 4.78 is 5.35. The van der Waals surface area contributed by atoms with Crippen molar-refractivity contribution >= 4 is 18.1 Å². The van der Waals surface area contributed by atoms with Crippen LogP contribution in [0.3, 0.4) is 0 Å². The van der Waals surface area contributed by atoms with Crippen molar-refractivity contribution < 1.29 is 14.3 Å². The molecule has 1 N–H and O–H groups in total. The predicted molar refractivity (Wildman–Crippen MR) is 102 cm³/mol. The van der Waals surface area contributed by atoms with Crippen LogP contribution in [0.5, 0.6) is 5.75 Å². The summed E-state index contributed by atoms with van der Waals surface area (Å²) >= 11 is 0. The Morgan fingerprint density at radius 3 is 2.52 bits per heavy atom. The van der Waals surface area contributed by atoms with E-state index in [9.17, 15) is 9.59 Å². The number of nitrogens with zero attached hydrogens (tertiary/aromatic N) is 2. The Hall–Kier alpha value is -3.80. The van der Waals surface area contributed by atoms with Crippen molar-refractivity contribution in [3.8, 4) is 5.75 Å². The maximum atomic E-state index is 12.1. The number of amides is 1. The van der Waals surface area contributed by atoms with Gasteiger partial charge in [0.1, 0.15) is 5.75 Å². The number of benzene rings is 2. The van der Waals surface area contributed by atoms with Gasteiger partial charge in [-0.05, 0) is 61.0 Å². The molecule has 0 saturated carbocycles. The number of esters is 1. The second-order valence-corrected chi connectivity index (χ2v) is 5.77. The molecule has 6 nitrogen and oxygen atoms in total. The summed E-state index contributed by atoms with van der Waals surface area (Å²) in [6.07, 6.45) is 4.55. The van der Waals surface area contributed by atoms with Gasteiger partial charge in [-0.1, -0.05) is 17.7 Å². The number of nitrogens with one attached hydrogen (secondary N) is 1. The number of carbonyl (C=O) groups is 2. The van der Waals surface area contributed by atoms with Crippen LogP contribution in [0.2, 0.25) is 0 Å². The molecule has 0 fully saturated rings. The van der Waals surface area contributed by atoms with Gasteiger partial charge in [-0.25, -0.2) is 10.2 Å². The molecule has 2 aromatic carbocycles. The fourth-order valence-electron chi connectivity index (χ4n) is 2.29. The van der Waals surface area contributed by atoms with E-state index in [-0.39, 0.29) is 5.91 Å². The smallest absolute Gasteiger partial charge is 0.343 e. The zero-order valence-corrected chi connectivity index (χ0v) is 14.6. The Balaban J connectivity index is 1.57. The summed E-state index contributed by atoms with van der Waals surface area (Å²) in [5.74, 6) is -0.329. The first-order chi connectivity index (χ1) is 13.1. The van der Waals surface area contributed by atoms with Gasteiger partial charge in [-0.15, -0.1) is 0 Å². The summed E-state index contributed by atoms with van der Waals surface area (Å²) in [5, 5.41) is 3.91. The van der Waals surface area contributed by atoms with Crippen molar-refractivity contribution in [2.45, 2.75) is 6.92 Å². The van der Waals surface area contributed by atoms with Gasteiger partial charge in [0.25, 0.3) is 5.91 Å². The molecule has 1 amide bonds. The van der Waals surface area contributed by atoms with Crippen LogP contribution < -0.4 is 10.2 Å². The fraction of sp³-hybridized carbons (Fsp3) is 0.0476. The van der Waals surface area contributed by atoms with E-state index in [1.807, 2.05) is 19.1 Å². The molecule has 27 heavy (non-hydrogen) atoms. The zero-order valence-electron chi connectivity index (χ0n) is 14.6. The van der Waals surface area contributed by atoms with Gasteiger partial charge in [0.15, 0.2) is 0 Å². The molecule has 0 saturated heterocycles. The Morgan fingerprint density at radius 1 is 1.04 bits per heavy atom. The number of rotatable bonds is 5. The topological polar surface area (TPSA) is 80.6 Å². The van der Waals surface area contributed by atoms with E-state index in [1.54, 1.807) is 54.7 Å². The molecule has 0 radical (unpaired) electrons. The molecular formula is C21H17N3O3. The van der Waals surface area contributed by atoms with Gasteiger partial charge in [0, 0.05) is 12.4 Å². The summed E-state index contributed by atoms with van der Waals surface area (Å²) in [6, 6.07) is 17.3. The number of hydrogen-bond donors (Lipinski definition) is 1. The third-order valence-electron chi connectivity index (χ3n) is 3.65. The molecule has 0 spiro atoms. The van der Waals surface area contributed by atoms with E-state index in [0.717, 1.165) is 11.1 Å². The number of hydrazone groups is 1. The second kappa shape index (κ2) is 8.53. The molecule has 1 aromatic heterocycles. The van der Waals surface area contributed by atoms with Crippen LogP contribution in [0.1, 0.15) is 31.8 Å². The van der Waals surface area contributed by atoms with Gasteiger partial charge in [0.05, 0.1) is 17.3 Å². The maximum absolute atomic E-state index is 12.1. The molecule has 134 valence electrons. The Morgan fingerprint density at radius 2 is 1.81 bits per heavy atom. The van der Waals surface area contributed by atoms with Crippen LogP contribution in [0, 0.1) is 6.92 Å². The van der Waals surface area contributed by atoms with Crippen LogP contribution in [-0.4, -0.2) is 23.1 Å². The average Bonchev–Trinajstić information content (AvgIpc) is 2.70. The number of carbonyl (C=O) groups excluding carboxylic acids is 2.